The monoisotopic (exact) mass is 399 g/mol. The summed E-state index contributed by atoms with van der Waals surface area (Å²) in [6.07, 6.45) is 3.06. The predicted molar refractivity (Wildman–Crippen MR) is 98.9 cm³/mol. The summed E-state index contributed by atoms with van der Waals surface area (Å²) in [6.45, 7) is 2.98. The fourth-order valence-electron chi connectivity index (χ4n) is 2.82. The molecule has 6 nitrogen and oxygen atoms in total. The fourth-order valence-corrected chi connectivity index (χ4v) is 5.64. The molecule has 25 heavy (non-hydrogen) atoms. The maximum atomic E-state index is 12.8. The van der Waals surface area contributed by atoms with Crippen LogP contribution in [0.15, 0.2) is 28.5 Å². The van der Waals surface area contributed by atoms with Crippen molar-refractivity contribution in [3.63, 3.8) is 0 Å². The van der Waals surface area contributed by atoms with Gasteiger partial charge < -0.3 is 4.90 Å². The number of piperidine rings is 1. The molecular formula is C16H18ClN3O3S2. The largest absolute Gasteiger partial charge is 0.339 e. The first-order valence-corrected chi connectivity index (χ1v) is 10.6. The van der Waals surface area contributed by atoms with Crippen LogP contribution >= 0.6 is 22.9 Å². The molecule has 1 aliphatic rings. The van der Waals surface area contributed by atoms with Gasteiger partial charge in [0, 0.05) is 13.1 Å². The predicted octanol–water partition coefficient (Wildman–Crippen LogP) is 3.53. The summed E-state index contributed by atoms with van der Waals surface area (Å²) in [5.74, 6) is -0.156. The van der Waals surface area contributed by atoms with E-state index in [1.54, 1.807) is 36.1 Å². The number of rotatable bonds is 4. The molecule has 1 amide bonds. The fraction of sp³-hybridized carbons (Fsp3) is 0.375. The van der Waals surface area contributed by atoms with Crippen LogP contribution in [0.1, 0.15) is 35.3 Å². The van der Waals surface area contributed by atoms with Crippen LogP contribution in [0, 0.1) is 6.92 Å². The third-order valence-electron chi connectivity index (χ3n) is 4.02. The van der Waals surface area contributed by atoms with Crippen LogP contribution in [0.25, 0.3) is 0 Å². The van der Waals surface area contributed by atoms with E-state index in [1.165, 1.54) is 0 Å². The second kappa shape index (κ2) is 7.31. The molecule has 3 rings (SSSR count). The van der Waals surface area contributed by atoms with Crippen LogP contribution in [-0.4, -0.2) is 37.3 Å². The van der Waals surface area contributed by atoms with E-state index in [4.69, 9.17) is 11.6 Å². The van der Waals surface area contributed by atoms with Gasteiger partial charge in [0.2, 0.25) is 0 Å². The van der Waals surface area contributed by atoms with E-state index in [2.05, 4.69) is 9.71 Å². The Bertz CT molecular complexity index is 890. The number of nitrogens with one attached hydrogen (secondary N) is 1. The molecule has 0 aliphatic carbocycles. The van der Waals surface area contributed by atoms with E-state index in [9.17, 15) is 13.2 Å². The highest BCUT2D eigenvalue weighted by Gasteiger charge is 2.25. The lowest BCUT2D eigenvalue weighted by molar-refractivity contribution is 0.0725. The van der Waals surface area contributed by atoms with Crippen LogP contribution in [-0.2, 0) is 10.0 Å². The maximum Gasteiger partial charge on any atom is 0.273 e. The van der Waals surface area contributed by atoms with E-state index in [0.717, 1.165) is 30.6 Å². The molecule has 2 heterocycles. The topological polar surface area (TPSA) is 79.4 Å². The smallest absolute Gasteiger partial charge is 0.273 e. The van der Waals surface area contributed by atoms with Crippen LogP contribution < -0.4 is 4.72 Å². The number of halogens is 1. The normalized spacial score (nSPS) is 15.2. The van der Waals surface area contributed by atoms with Crippen molar-refractivity contribution in [2.24, 2.45) is 0 Å². The van der Waals surface area contributed by atoms with Crippen molar-refractivity contribution >= 4 is 44.6 Å². The van der Waals surface area contributed by atoms with E-state index in [1.807, 2.05) is 0 Å². The molecule has 9 heteroatoms. The van der Waals surface area contributed by atoms with Gasteiger partial charge >= 0.3 is 0 Å². The average molecular weight is 400 g/mol. The van der Waals surface area contributed by atoms with Gasteiger partial charge in [-0.25, -0.2) is 13.4 Å². The molecular weight excluding hydrogens is 382 g/mol. The number of aryl methyl sites for hydroxylation is 1. The van der Waals surface area contributed by atoms with Crippen molar-refractivity contribution in [3.8, 4) is 0 Å². The Labute approximate surface area is 155 Å². The number of likely N-dealkylation sites (tertiary alicyclic amines) is 1. The molecule has 0 atom stereocenters. The van der Waals surface area contributed by atoms with Gasteiger partial charge in [-0.05, 0) is 38.3 Å². The zero-order valence-electron chi connectivity index (χ0n) is 13.7. The highest BCUT2D eigenvalue weighted by atomic mass is 35.5. The molecule has 1 N–H and O–H groups in total. The standard InChI is InChI=1S/C16H18ClN3O3S2/c1-11-15(24-16(17)18-11)25(22,23)19-13-8-4-3-7-12(13)14(21)20-9-5-2-6-10-20/h3-4,7-8,19H,2,5-6,9-10H2,1H3. The number of amides is 1. The minimum absolute atomic E-state index is 0.0534. The molecule has 1 aromatic carbocycles. The summed E-state index contributed by atoms with van der Waals surface area (Å²) in [4.78, 5) is 18.5. The first-order chi connectivity index (χ1) is 11.9. The minimum atomic E-state index is -3.86. The van der Waals surface area contributed by atoms with Crippen molar-refractivity contribution < 1.29 is 13.2 Å². The van der Waals surface area contributed by atoms with Crippen molar-refractivity contribution in [2.45, 2.75) is 30.4 Å². The van der Waals surface area contributed by atoms with Crippen LogP contribution in [0.2, 0.25) is 4.47 Å². The average Bonchev–Trinajstić information content (AvgIpc) is 2.94. The Morgan fingerprint density at radius 1 is 1.24 bits per heavy atom. The molecule has 1 aliphatic heterocycles. The zero-order chi connectivity index (χ0) is 18.0. The number of carbonyl (C=O) groups excluding carboxylic acids is 1. The van der Waals surface area contributed by atoms with E-state index in [0.29, 0.717) is 24.3 Å². The zero-order valence-corrected chi connectivity index (χ0v) is 16.0. The quantitative estimate of drug-likeness (QED) is 0.852. The number of carbonyl (C=O) groups is 1. The minimum Gasteiger partial charge on any atom is -0.339 e. The molecule has 0 radical (unpaired) electrons. The van der Waals surface area contributed by atoms with Crippen LogP contribution in [0.5, 0.6) is 0 Å². The van der Waals surface area contributed by atoms with Gasteiger partial charge in [0.05, 0.1) is 16.9 Å². The van der Waals surface area contributed by atoms with Crippen LogP contribution in [0.4, 0.5) is 5.69 Å². The summed E-state index contributed by atoms with van der Waals surface area (Å²) in [7, 11) is -3.86. The van der Waals surface area contributed by atoms with Crippen molar-refractivity contribution in [1.29, 1.82) is 0 Å². The number of benzene rings is 1. The summed E-state index contributed by atoms with van der Waals surface area (Å²) in [6, 6.07) is 6.65. The first kappa shape index (κ1) is 18.2. The lowest BCUT2D eigenvalue weighted by atomic mass is 10.1. The van der Waals surface area contributed by atoms with Gasteiger partial charge in [-0.2, -0.15) is 0 Å². The Hall–Kier alpha value is -1.64. The van der Waals surface area contributed by atoms with Gasteiger partial charge in [0.1, 0.15) is 0 Å². The molecule has 0 unspecified atom stereocenters. The van der Waals surface area contributed by atoms with Gasteiger partial charge in [0.25, 0.3) is 15.9 Å². The number of para-hydroxylation sites is 1. The molecule has 1 saturated heterocycles. The number of anilines is 1. The Morgan fingerprint density at radius 3 is 2.56 bits per heavy atom. The van der Waals surface area contributed by atoms with Gasteiger partial charge in [-0.15, -0.1) is 0 Å². The summed E-state index contributed by atoms with van der Waals surface area (Å²) >= 11 is 6.70. The molecule has 1 aromatic heterocycles. The third kappa shape index (κ3) is 3.96. The molecule has 134 valence electrons. The van der Waals surface area contributed by atoms with Crippen molar-refractivity contribution in [2.75, 3.05) is 17.8 Å². The summed E-state index contributed by atoms with van der Waals surface area (Å²) < 4.78 is 28.1. The number of sulfonamides is 1. The number of hydrogen-bond acceptors (Lipinski definition) is 5. The van der Waals surface area contributed by atoms with E-state index < -0.39 is 10.0 Å². The summed E-state index contributed by atoms with van der Waals surface area (Å²) in [5, 5.41) is 0. The van der Waals surface area contributed by atoms with Crippen molar-refractivity contribution in [1.82, 2.24) is 9.88 Å². The second-order valence-corrected chi connectivity index (χ2v) is 9.30. The molecule has 2 aromatic rings. The molecule has 0 spiro atoms. The SMILES string of the molecule is Cc1nc(Cl)sc1S(=O)(=O)Nc1ccccc1C(=O)N1CCCCC1. The lowest BCUT2D eigenvalue weighted by Crippen LogP contribution is -2.36. The van der Waals surface area contributed by atoms with E-state index >= 15 is 0 Å². The van der Waals surface area contributed by atoms with Gasteiger partial charge in [-0.1, -0.05) is 35.1 Å². The number of hydrogen-bond donors (Lipinski definition) is 1. The summed E-state index contributed by atoms with van der Waals surface area (Å²) in [5.41, 5.74) is 0.950. The molecule has 1 fully saturated rings. The highest BCUT2D eigenvalue weighted by Crippen LogP contribution is 2.29. The number of nitrogens with zero attached hydrogens (tertiary/aromatic N) is 2. The Kier molecular flexibility index (Phi) is 5.31. The second-order valence-electron chi connectivity index (χ2n) is 5.84. The highest BCUT2D eigenvalue weighted by molar-refractivity contribution is 7.94. The van der Waals surface area contributed by atoms with Gasteiger partial charge in [0.15, 0.2) is 8.68 Å². The maximum absolute atomic E-state index is 12.8. The molecule has 0 saturated carbocycles. The van der Waals surface area contributed by atoms with E-state index in [-0.39, 0.29) is 20.3 Å². The molecule has 0 bridgehead atoms. The number of aromatic nitrogens is 1. The van der Waals surface area contributed by atoms with Gasteiger partial charge in [-0.3, -0.25) is 9.52 Å². The first-order valence-electron chi connectivity index (χ1n) is 7.92. The lowest BCUT2D eigenvalue weighted by Gasteiger charge is -2.27. The Balaban J connectivity index is 1.90. The third-order valence-corrected chi connectivity index (χ3v) is 7.25. The van der Waals surface area contributed by atoms with Crippen LogP contribution in [0.3, 0.4) is 0 Å². The number of thiazole rings is 1. The van der Waals surface area contributed by atoms with Crippen molar-refractivity contribution in [3.05, 3.63) is 40.0 Å². The Morgan fingerprint density at radius 2 is 1.92 bits per heavy atom.